The maximum atomic E-state index is 12.8. The second kappa shape index (κ2) is 9.04. The van der Waals surface area contributed by atoms with E-state index in [0.717, 1.165) is 17.0 Å². The van der Waals surface area contributed by atoms with Gasteiger partial charge >= 0.3 is 0 Å². The molecule has 2 aromatic carbocycles. The number of anilines is 1. The Morgan fingerprint density at radius 3 is 2.67 bits per heavy atom. The first kappa shape index (κ1) is 20.0. The van der Waals surface area contributed by atoms with Crippen LogP contribution in [0.25, 0.3) is 10.6 Å². The molecule has 7 nitrogen and oxygen atoms in total. The zero-order valence-corrected chi connectivity index (χ0v) is 17.4. The van der Waals surface area contributed by atoms with Crippen molar-refractivity contribution >= 4 is 28.3 Å². The van der Waals surface area contributed by atoms with E-state index < -0.39 is 6.04 Å². The molecule has 3 aromatic rings. The molecule has 4 rings (SSSR count). The SMILES string of the molecule is Cc1ccc(-c2nnc(NC(=O)C3CCCN3C(=O)COc3ccccc3)s2)cc1. The van der Waals surface area contributed by atoms with Gasteiger partial charge in [-0.3, -0.25) is 14.9 Å². The summed E-state index contributed by atoms with van der Waals surface area (Å²) in [5.74, 6) is 0.185. The van der Waals surface area contributed by atoms with Crippen LogP contribution in [-0.2, 0) is 9.59 Å². The smallest absolute Gasteiger partial charge is 0.261 e. The summed E-state index contributed by atoms with van der Waals surface area (Å²) in [6, 6.07) is 16.6. The molecular formula is C22H22N4O3S. The highest BCUT2D eigenvalue weighted by atomic mass is 32.1. The van der Waals surface area contributed by atoms with Crippen LogP contribution in [0.1, 0.15) is 18.4 Å². The van der Waals surface area contributed by atoms with E-state index in [1.165, 1.54) is 16.9 Å². The minimum atomic E-state index is -0.524. The van der Waals surface area contributed by atoms with Crippen molar-refractivity contribution in [3.63, 3.8) is 0 Å². The summed E-state index contributed by atoms with van der Waals surface area (Å²) in [5, 5.41) is 12.2. The van der Waals surface area contributed by atoms with E-state index in [1.54, 1.807) is 17.0 Å². The highest BCUT2D eigenvalue weighted by Crippen LogP contribution is 2.27. The predicted octanol–water partition coefficient (Wildman–Crippen LogP) is 3.52. The molecule has 1 aromatic heterocycles. The lowest BCUT2D eigenvalue weighted by Gasteiger charge is -2.23. The van der Waals surface area contributed by atoms with Gasteiger partial charge in [-0.25, -0.2) is 0 Å². The zero-order valence-electron chi connectivity index (χ0n) is 16.6. The van der Waals surface area contributed by atoms with Crippen molar-refractivity contribution in [1.29, 1.82) is 0 Å². The van der Waals surface area contributed by atoms with E-state index in [-0.39, 0.29) is 18.4 Å². The van der Waals surface area contributed by atoms with Crippen LogP contribution in [0.15, 0.2) is 54.6 Å². The molecule has 1 N–H and O–H groups in total. The Morgan fingerprint density at radius 1 is 1.13 bits per heavy atom. The van der Waals surface area contributed by atoms with Gasteiger partial charge in [-0.1, -0.05) is 59.4 Å². The van der Waals surface area contributed by atoms with Crippen LogP contribution < -0.4 is 10.1 Å². The number of carbonyl (C=O) groups is 2. The van der Waals surface area contributed by atoms with Crippen molar-refractivity contribution in [3.05, 3.63) is 60.2 Å². The summed E-state index contributed by atoms with van der Waals surface area (Å²) in [4.78, 5) is 27.0. The highest BCUT2D eigenvalue weighted by molar-refractivity contribution is 7.18. The lowest BCUT2D eigenvalue weighted by molar-refractivity contribution is -0.138. The van der Waals surface area contributed by atoms with E-state index in [9.17, 15) is 9.59 Å². The van der Waals surface area contributed by atoms with Crippen molar-refractivity contribution in [2.24, 2.45) is 0 Å². The molecule has 1 aliphatic heterocycles. The van der Waals surface area contributed by atoms with E-state index in [0.29, 0.717) is 23.8 Å². The summed E-state index contributed by atoms with van der Waals surface area (Å²) < 4.78 is 5.54. The first-order valence-corrected chi connectivity index (χ1v) is 10.6. The van der Waals surface area contributed by atoms with Crippen LogP contribution in [0.2, 0.25) is 0 Å². The quantitative estimate of drug-likeness (QED) is 0.657. The number of nitrogens with zero attached hydrogens (tertiary/aromatic N) is 3. The number of likely N-dealkylation sites (tertiary alicyclic amines) is 1. The molecule has 0 radical (unpaired) electrons. The molecular weight excluding hydrogens is 400 g/mol. The lowest BCUT2D eigenvalue weighted by Crippen LogP contribution is -2.45. The molecule has 2 amide bonds. The number of amides is 2. The molecule has 0 bridgehead atoms. The maximum absolute atomic E-state index is 12.8. The van der Waals surface area contributed by atoms with Gasteiger partial charge in [-0.2, -0.15) is 0 Å². The van der Waals surface area contributed by atoms with Crippen molar-refractivity contribution < 1.29 is 14.3 Å². The molecule has 1 unspecified atom stereocenters. The number of hydrogen-bond acceptors (Lipinski definition) is 6. The molecule has 0 saturated carbocycles. The lowest BCUT2D eigenvalue weighted by atomic mass is 10.2. The van der Waals surface area contributed by atoms with Crippen LogP contribution in [-0.4, -0.2) is 46.1 Å². The largest absolute Gasteiger partial charge is 0.484 e. The van der Waals surface area contributed by atoms with Crippen LogP contribution in [0, 0.1) is 6.92 Å². The van der Waals surface area contributed by atoms with Crippen LogP contribution in [0.5, 0.6) is 5.75 Å². The first-order valence-electron chi connectivity index (χ1n) is 9.79. The highest BCUT2D eigenvalue weighted by Gasteiger charge is 2.34. The first-order chi connectivity index (χ1) is 14.6. The molecule has 1 fully saturated rings. The standard InChI is InChI=1S/C22H22N4O3S/c1-15-9-11-16(12-10-15)21-24-25-22(30-21)23-20(28)18-8-5-13-26(18)19(27)14-29-17-6-3-2-4-7-17/h2-4,6-7,9-12,18H,5,8,13-14H2,1H3,(H,23,25,28). The van der Waals surface area contributed by atoms with E-state index in [1.807, 2.05) is 49.4 Å². The number of carbonyl (C=O) groups excluding carboxylic acids is 2. The Hall–Kier alpha value is -3.26. The van der Waals surface area contributed by atoms with Gasteiger partial charge in [0.05, 0.1) is 0 Å². The average Bonchev–Trinajstić information content (AvgIpc) is 3.43. The molecule has 0 aliphatic carbocycles. The normalized spacial score (nSPS) is 15.8. The maximum Gasteiger partial charge on any atom is 0.261 e. The summed E-state index contributed by atoms with van der Waals surface area (Å²) in [6.07, 6.45) is 1.40. The van der Waals surface area contributed by atoms with Crippen LogP contribution >= 0.6 is 11.3 Å². The molecule has 2 heterocycles. The molecule has 1 aliphatic rings. The Balaban J connectivity index is 1.36. The second-order valence-electron chi connectivity index (χ2n) is 7.11. The van der Waals surface area contributed by atoms with Gasteiger partial charge in [0.2, 0.25) is 11.0 Å². The number of nitrogens with one attached hydrogen (secondary N) is 1. The number of aryl methyl sites for hydroxylation is 1. The second-order valence-corrected chi connectivity index (χ2v) is 8.09. The van der Waals surface area contributed by atoms with Crippen LogP contribution in [0.4, 0.5) is 5.13 Å². The van der Waals surface area contributed by atoms with E-state index in [4.69, 9.17) is 4.74 Å². The Labute approximate surface area is 178 Å². The van der Waals surface area contributed by atoms with Gasteiger partial charge in [0.25, 0.3) is 5.91 Å². The number of ether oxygens (including phenoxy) is 1. The van der Waals surface area contributed by atoms with E-state index >= 15 is 0 Å². The minimum absolute atomic E-state index is 0.0931. The van der Waals surface area contributed by atoms with Gasteiger partial charge in [0.15, 0.2) is 6.61 Å². The number of hydrogen-bond donors (Lipinski definition) is 1. The summed E-state index contributed by atoms with van der Waals surface area (Å²) >= 11 is 1.31. The Kier molecular flexibility index (Phi) is 6.04. The van der Waals surface area contributed by atoms with Gasteiger partial charge < -0.3 is 9.64 Å². The minimum Gasteiger partial charge on any atom is -0.484 e. The molecule has 154 valence electrons. The van der Waals surface area contributed by atoms with Gasteiger partial charge in [-0.05, 0) is 31.9 Å². The average molecular weight is 423 g/mol. The monoisotopic (exact) mass is 422 g/mol. The summed E-state index contributed by atoms with van der Waals surface area (Å²) in [7, 11) is 0. The van der Waals surface area contributed by atoms with Crippen molar-refractivity contribution in [3.8, 4) is 16.3 Å². The predicted molar refractivity (Wildman–Crippen MR) is 115 cm³/mol. The number of aromatic nitrogens is 2. The zero-order chi connectivity index (χ0) is 20.9. The summed E-state index contributed by atoms with van der Waals surface area (Å²) in [6.45, 7) is 2.47. The number of benzene rings is 2. The van der Waals surface area contributed by atoms with Crippen molar-refractivity contribution in [1.82, 2.24) is 15.1 Å². The fourth-order valence-corrected chi connectivity index (χ4v) is 4.11. The fraction of sp³-hybridized carbons (Fsp3) is 0.273. The molecule has 1 atom stereocenters. The Bertz CT molecular complexity index is 1020. The third kappa shape index (κ3) is 4.65. The third-order valence-corrected chi connectivity index (χ3v) is 5.82. The molecule has 0 spiro atoms. The molecule has 1 saturated heterocycles. The molecule has 8 heteroatoms. The molecule has 30 heavy (non-hydrogen) atoms. The van der Waals surface area contributed by atoms with Gasteiger partial charge in [0, 0.05) is 12.1 Å². The van der Waals surface area contributed by atoms with Gasteiger partial charge in [0.1, 0.15) is 16.8 Å². The number of para-hydroxylation sites is 1. The third-order valence-electron chi connectivity index (χ3n) is 4.93. The van der Waals surface area contributed by atoms with Gasteiger partial charge in [-0.15, -0.1) is 10.2 Å². The van der Waals surface area contributed by atoms with Crippen molar-refractivity contribution in [2.45, 2.75) is 25.8 Å². The Morgan fingerprint density at radius 2 is 1.90 bits per heavy atom. The van der Waals surface area contributed by atoms with Crippen molar-refractivity contribution in [2.75, 3.05) is 18.5 Å². The van der Waals surface area contributed by atoms with E-state index in [2.05, 4.69) is 15.5 Å². The van der Waals surface area contributed by atoms with Crippen LogP contribution in [0.3, 0.4) is 0 Å². The topological polar surface area (TPSA) is 84.4 Å². The summed E-state index contributed by atoms with van der Waals surface area (Å²) in [5.41, 5.74) is 2.12. The fourth-order valence-electron chi connectivity index (χ4n) is 3.36. The number of rotatable bonds is 6.